The summed E-state index contributed by atoms with van der Waals surface area (Å²) in [6.45, 7) is 0.888. The van der Waals surface area contributed by atoms with E-state index in [0.29, 0.717) is 0 Å². The Morgan fingerprint density at radius 2 is 1.72 bits per heavy atom. The van der Waals surface area contributed by atoms with Crippen LogP contribution in [-0.2, 0) is 6.54 Å². The molecule has 2 nitrogen and oxygen atoms in total. The van der Waals surface area contributed by atoms with Crippen molar-refractivity contribution in [2.24, 2.45) is 23.7 Å². The zero-order chi connectivity index (χ0) is 12.1. The first-order valence-corrected chi connectivity index (χ1v) is 8.05. The first-order valence-electron chi connectivity index (χ1n) is 7.25. The molecule has 4 fully saturated rings. The molecule has 1 N–H and O–H groups in total. The van der Waals surface area contributed by atoms with Gasteiger partial charge in [-0.15, -0.1) is 0 Å². The van der Waals surface area contributed by atoms with Gasteiger partial charge in [-0.05, 0) is 83.8 Å². The molecule has 1 aromatic heterocycles. The van der Waals surface area contributed by atoms with Crippen molar-refractivity contribution in [2.45, 2.75) is 44.7 Å². The lowest BCUT2D eigenvalue weighted by molar-refractivity contribution is -0.0148. The van der Waals surface area contributed by atoms with Gasteiger partial charge >= 0.3 is 0 Å². The Kier molecular flexibility index (Phi) is 2.81. The average molecular weight is 310 g/mol. The summed E-state index contributed by atoms with van der Waals surface area (Å²) >= 11 is 3.37. The predicted octanol–water partition coefficient (Wildman–Crippen LogP) is 3.96. The van der Waals surface area contributed by atoms with E-state index in [4.69, 9.17) is 4.42 Å². The second kappa shape index (κ2) is 4.38. The number of rotatable bonds is 3. The van der Waals surface area contributed by atoms with Crippen molar-refractivity contribution in [1.82, 2.24) is 5.32 Å². The van der Waals surface area contributed by atoms with Gasteiger partial charge in [0.15, 0.2) is 4.67 Å². The van der Waals surface area contributed by atoms with Gasteiger partial charge in [-0.25, -0.2) is 0 Å². The van der Waals surface area contributed by atoms with Crippen molar-refractivity contribution in [3.05, 3.63) is 22.6 Å². The van der Waals surface area contributed by atoms with Gasteiger partial charge in [-0.3, -0.25) is 0 Å². The first-order chi connectivity index (χ1) is 8.78. The maximum absolute atomic E-state index is 5.58. The van der Waals surface area contributed by atoms with Crippen molar-refractivity contribution >= 4 is 15.9 Å². The second-order valence-corrected chi connectivity index (χ2v) is 7.32. The Balaban J connectivity index is 1.43. The van der Waals surface area contributed by atoms with Crippen LogP contribution in [0.2, 0.25) is 0 Å². The Labute approximate surface area is 117 Å². The van der Waals surface area contributed by atoms with E-state index in [0.717, 1.165) is 46.7 Å². The van der Waals surface area contributed by atoms with E-state index in [-0.39, 0.29) is 0 Å². The van der Waals surface area contributed by atoms with Crippen LogP contribution in [0.5, 0.6) is 0 Å². The smallest absolute Gasteiger partial charge is 0.169 e. The molecule has 4 saturated carbocycles. The highest BCUT2D eigenvalue weighted by atomic mass is 79.9. The lowest BCUT2D eigenvalue weighted by Crippen LogP contribution is -2.54. The third-order valence-corrected chi connectivity index (χ3v) is 5.79. The molecule has 5 rings (SSSR count). The molecule has 1 aromatic rings. The van der Waals surface area contributed by atoms with Gasteiger partial charge in [-0.2, -0.15) is 0 Å². The SMILES string of the molecule is Brc1ccc(CNC2C3CC4CC(C3)CC2C4)o1. The summed E-state index contributed by atoms with van der Waals surface area (Å²) in [4.78, 5) is 0. The molecule has 0 radical (unpaired) electrons. The van der Waals surface area contributed by atoms with Crippen molar-refractivity contribution in [3.8, 4) is 0 Å². The summed E-state index contributed by atoms with van der Waals surface area (Å²) in [5.41, 5.74) is 0. The fourth-order valence-corrected chi connectivity index (χ4v) is 5.26. The van der Waals surface area contributed by atoms with E-state index in [1.165, 1.54) is 32.1 Å². The number of furan rings is 1. The average Bonchev–Trinajstić information content (AvgIpc) is 2.73. The van der Waals surface area contributed by atoms with Gasteiger partial charge in [0.25, 0.3) is 0 Å². The molecule has 0 atom stereocenters. The number of halogens is 1. The highest BCUT2D eigenvalue weighted by Gasteiger charge is 2.47. The van der Waals surface area contributed by atoms with Crippen LogP contribution in [0.1, 0.15) is 37.9 Å². The quantitative estimate of drug-likeness (QED) is 0.914. The minimum atomic E-state index is 0.752. The molecule has 0 amide bonds. The minimum absolute atomic E-state index is 0.752. The topological polar surface area (TPSA) is 25.2 Å². The van der Waals surface area contributed by atoms with Crippen LogP contribution in [-0.4, -0.2) is 6.04 Å². The molecular weight excluding hydrogens is 290 g/mol. The Morgan fingerprint density at radius 1 is 1.06 bits per heavy atom. The summed E-state index contributed by atoms with van der Waals surface area (Å²) in [6.07, 6.45) is 7.45. The van der Waals surface area contributed by atoms with Crippen LogP contribution in [0.4, 0.5) is 0 Å². The Morgan fingerprint density at radius 3 is 2.28 bits per heavy atom. The molecule has 4 aliphatic carbocycles. The maximum atomic E-state index is 5.58. The number of hydrogen-bond donors (Lipinski definition) is 1. The molecule has 0 saturated heterocycles. The van der Waals surface area contributed by atoms with Gasteiger partial charge < -0.3 is 9.73 Å². The molecule has 1 heterocycles. The maximum Gasteiger partial charge on any atom is 0.169 e. The molecule has 4 bridgehead atoms. The van der Waals surface area contributed by atoms with Crippen LogP contribution < -0.4 is 5.32 Å². The first kappa shape index (κ1) is 11.5. The molecule has 4 aliphatic rings. The minimum Gasteiger partial charge on any atom is -0.453 e. The monoisotopic (exact) mass is 309 g/mol. The highest BCUT2D eigenvalue weighted by Crippen LogP contribution is 2.53. The molecule has 98 valence electrons. The third-order valence-electron chi connectivity index (χ3n) is 5.37. The van der Waals surface area contributed by atoms with Gasteiger partial charge in [0, 0.05) is 6.04 Å². The zero-order valence-electron chi connectivity index (χ0n) is 10.6. The standard InChI is InChI=1S/C15H20BrNO/c16-14-2-1-13(18-14)8-17-15-11-4-9-3-10(6-11)7-12(15)5-9/h1-2,9-12,15,17H,3-8H2. The fourth-order valence-electron chi connectivity index (χ4n) is 4.92. The van der Waals surface area contributed by atoms with Crippen LogP contribution in [0, 0.1) is 23.7 Å². The van der Waals surface area contributed by atoms with E-state index in [1.54, 1.807) is 0 Å². The molecular formula is C15H20BrNO. The van der Waals surface area contributed by atoms with Crippen LogP contribution in [0.15, 0.2) is 21.2 Å². The number of nitrogens with one attached hydrogen (secondary N) is 1. The summed E-state index contributed by atoms with van der Waals surface area (Å²) in [5, 5.41) is 3.78. The van der Waals surface area contributed by atoms with Gasteiger partial charge in [0.05, 0.1) is 6.54 Å². The molecule has 0 aliphatic heterocycles. The Hall–Kier alpha value is -0.280. The molecule has 3 heteroatoms. The summed E-state index contributed by atoms with van der Waals surface area (Å²) in [5.74, 6) is 5.06. The van der Waals surface area contributed by atoms with Crippen LogP contribution in [0.25, 0.3) is 0 Å². The zero-order valence-corrected chi connectivity index (χ0v) is 12.2. The van der Waals surface area contributed by atoms with Crippen molar-refractivity contribution in [1.29, 1.82) is 0 Å². The fraction of sp³-hybridized carbons (Fsp3) is 0.733. The predicted molar refractivity (Wildman–Crippen MR) is 74.1 cm³/mol. The normalized spacial score (nSPS) is 41.5. The van der Waals surface area contributed by atoms with E-state index in [9.17, 15) is 0 Å². The van der Waals surface area contributed by atoms with E-state index >= 15 is 0 Å². The summed E-state index contributed by atoms with van der Waals surface area (Å²) < 4.78 is 6.42. The van der Waals surface area contributed by atoms with Crippen molar-refractivity contribution < 1.29 is 4.42 Å². The van der Waals surface area contributed by atoms with E-state index < -0.39 is 0 Å². The van der Waals surface area contributed by atoms with Crippen LogP contribution >= 0.6 is 15.9 Å². The highest BCUT2D eigenvalue weighted by molar-refractivity contribution is 9.10. The summed E-state index contributed by atoms with van der Waals surface area (Å²) in [7, 11) is 0. The van der Waals surface area contributed by atoms with Gasteiger partial charge in [-0.1, -0.05) is 0 Å². The second-order valence-electron chi connectivity index (χ2n) is 6.54. The summed E-state index contributed by atoms with van der Waals surface area (Å²) in [6, 6.07) is 4.79. The van der Waals surface area contributed by atoms with Gasteiger partial charge in [0.1, 0.15) is 5.76 Å². The lowest BCUT2D eigenvalue weighted by Gasteiger charge is -2.54. The molecule has 0 aromatic carbocycles. The lowest BCUT2D eigenvalue weighted by atomic mass is 9.54. The van der Waals surface area contributed by atoms with Crippen LogP contribution in [0.3, 0.4) is 0 Å². The van der Waals surface area contributed by atoms with Gasteiger partial charge in [0.2, 0.25) is 0 Å². The number of hydrogen-bond acceptors (Lipinski definition) is 2. The molecule has 18 heavy (non-hydrogen) atoms. The van der Waals surface area contributed by atoms with Crippen molar-refractivity contribution in [3.63, 3.8) is 0 Å². The third kappa shape index (κ3) is 1.96. The van der Waals surface area contributed by atoms with E-state index in [2.05, 4.69) is 27.3 Å². The molecule has 0 unspecified atom stereocenters. The molecule has 0 spiro atoms. The largest absolute Gasteiger partial charge is 0.453 e. The van der Waals surface area contributed by atoms with Crippen molar-refractivity contribution in [2.75, 3.05) is 0 Å². The Bertz CT molecular complexity index is 413. The van der Waals surface area contributed by atoms with E-state index in [1.807, 2.05) is 6.07 Å².